The number of amides is 3. The summed E-state index contributed by atoms with van der Waals surface area (Å²) in [5.41, 5.74) is 2.24. The Morgan fingerprint density at radius 3 is 2.61 bits per heavy atom. The van der Waals surface area contributed by atoms with Gasteiger partial charge in [-0.25, -0.2) is 9.18 Å². The molecule has 1 N–H and O–H groups in total. The molecule has 8 heteroatoms. The summed E-state index contributed by atoms with van der Waals surface area (Å²) in [6.45, 7) is 1.56. The maximum atomic E-state index is 13.3. The summed E-state index contributed by atoms with van der Waals surface area (Å²) in [5.74, 6) is -0.300. The van der Waals surface area contributed by atoms with Crippen LogP contribution in [-0.4, -0.2) is 37.0 Å². The maximum absolute atomic E-state index is 13.3. The number of carbonyl (C=O) groups is 2. The van der Waals surface area contributed by atoms with Crippen LogP contribution >= 0.6 is 11.6 Å². The van der Waals surface area contributed by atoms with Crippen LogP contribution in [0, 0.1) is 5.82 Å². The molecule has 1 fully saturated rings. The molecule has 0 aliphatic carbocycles. The predicted molar refractivity (Wildman–Crippen MR) is 127 cm³/mol. The Balaban J connectivity index is 1.59. The summed E-state index contributed by atoms with van der Waals surface area (Å²) < 4.78 is 18.5. The van der Waals surface area contributed by atoms with Gasteiger partial charge in [-0.3, -0.25) is 9.69 Å². The average Bonchev–Trinajstić information content (AvgIpc) is 2.81. The van der Waals surface area contributed by atoms with Crippen LogP contribution in [-0.2, 0) is 6.54 Å². The molecule has 0 unspecified atom stereocenters. The van der Waals surface area contributed by atoms with Gasteiger partial charge in [0.25, 0.3) is 5.91 Å². The Bertz CT molecular complexity index is 1170. The monoisotopic (exact) mass is 467 g/mol. The number of methoxy groups -OCH3 is 1. The Hall–Kier alpha value is -3.58. The zero-order valence-electron chi connectivity index (χ0n) is 18.1. The molecule has 0 spiro atoms. The first-order chi connectivity index (χ1) is 15.9. The number of benzene rings is 3. The Labute approximate surface area is 196 Å². The van der Waals surface area contributed by atoms with Crippen molar-refractivity contribution in [2.75, 3.05) is 30.4 Å². The number of rotatable bonds is 6. The fourth-order valence-electron chi connectivity index (χ4n) is 3.78. The van der Waals surface area contributed by atoms with E-state index in [1.54, 1.807) is 34.1 Å². The van der Waals surface area contributed by atoms with Crippen molar-refractivity contribution in [3.05, 3.63) is 88.7 Å². The van der Waals surface area contributed by atoms with Gasteiger partial charge in [-0.2, -0.15) is 0 Å². The van der Waals surface area contributed by atoms with Crippen molar-refractivity contribution in [3.8, 4) is 5.75 Å². The van der Waals surface area contributed by atoms with Crippen LogP contribution in [0.4, 0.5) is 20.6 Å². The number of nitrogens with zero attached hydrogens (tertiary/aromatic N) is 2. The van der Waals surface area contributed by atoms with E-state index in [0.29, 0.717) is 47.3 Å². The number of carbonyl (C=O) groups excluding carboxylic acids is 2. The SMILES string of the molecule is COc1ccc(N2CCCN(Cc3cccc(Cl)c3)C2=O)c(NC(=O)c2ccc(F)cc2)c1. The molecule has 1 saturated heterocycles. The molecule has 33 heavy (non-hydrogen) atoms. The normalized spacial score (nSPS) is 13.7. The van der Waals surface area contributed by atoms with E-state index >= 15 is 0 Å². The molecule has 0 atom stereocenters. The molecule has 4 rings (SSSR count). The minimum atomic E-state index is -0.424. The molecule has 0 saturated carbocycles. The summed E-state index contributed by atoms with van der Waals surface area (Å²) in [6, 6.07) is 17.7. The van der Waals surface area contributed by atoms with E-state index in [-0.39, 0.29) is 6.03 Å². The summed E-state index contributed by atoms with van der Waals surface area (Å²) in [6.07, 6.45) is 0.768. The average molecular weight is 468 g/mol. The second-order valence-corrected chi connectivity index (χ2v) is 8.12. The number of urea groups is 1. The molecular weight excluding hydrogens is 445 g/mol. The number of ether oxygens (including phenoxy) is 1. The van der Waals surface area contributed by atoms with Crippen molar-refractivity contribution in [1.82, 2.24) is 4.90 Å². The molecule has 0 aromatic heterocycles. The number of hydrogen-bond donors (Lipinski definition) is 1. The van der Waals surface area contributed by atoms with Gasteiger partial charge in [-0.15, -0.1) is 0 Å². The molecular formula is C25H23ClFN3O3. The quantitative estimate of drug-likeness (QED) is 0.515. The van der Waals surface area contributed by atoms with E-state index in [9.17, 15) is 14.0 Å². The Morgan fingerprint density at radius 1 is 1.09 bits per heavy atom. The van der Waals surface area contributed by atoms with Gasteiger partial charge in [0.15, 0.2) is 0 Å². The molecule has 3 amide bonds. The van der Waals surface area contributed by atoms with E-state index < -0.39 is 11.7 Å². The summed E-state index contributed by atoms with van der Waals surface area (Å²) in [4.78, 5) is 29.5. The number of anilines is 2. The number of halogens is 2. The zero-order valence-corrected chi connectivity index (χ0v) is 18.8. The van der Waals surface area contributed by atoms with Crippen LogP contribution < -0.4 is 15.0 Å². The van der Waals surface area contributed by atoms with Gasteiger partial charge in [0, 0.05) is 36.3 Å². The first kappa shape index (κ1) is 22.6. The van der Waals surface area contributed by atoms with Crippen molar-refractivity contribution >= 4 is 34.9 Å². The van der Waals surface area contributed by atoms with Crippen molar-refractivity contribution < 1.29 is 18.7 Å². The van der Waals surface area contributed by atoms with Crippen LogP contribution in [0.2, 0.25) is 5.02 Å². The molecule has 170 valence electrons. The lowest BCUT2D eigenvalue weighted by Gasteiger charge is -2.36. The first-order valence-electron chi connectivity index (χ1n) is 10.5. The Kier molecular flexibility index (Phi) is 6.79. The minimum absolute atomic E-state index is 0.163. The molecule has 6 nitrogen and oxygen atoms in total. The zero-order chi connectivity index (χ0) is 23.4. The van der Waals surface area contributed by atoms with Crippen LogP contribution in [0.3, 0.4) is 0 Å². The van der Waals surface area contributed by atoms with Crippen LogP contribution in [0.15, 0.2) is 66.7 Å². The fraction of sp³-hybridized carbons (Fsp3) is 0.200. The van der Waals surface area contributed by atoms with Crippen LogP contribution in [0.1, 0.15) is 22.3 Å². The van der Waals surface area contributed by atoms with E-state index in [2.05, 4.69) is 5.32 Å². The first-order valence-corrected chi connectivity index (χ1v) is 10.9. The molecule has 1 aliphatic heterocycles. The lowest BCUT2D eigenvalue weighted by atomic mass is 10.1. The van der Waals surface area contributed by atoms with Crippen molar-refractivity contribution in [1.29, 1.82) is 0 Å². The van der Waals surface area contributed by atoms with Crippen molar-refractivity contribution in [3.63, 3.8) is 0 Å². The molecule has 3 aromatic carbocycles. The second kappa shape index (κ2) is 9.92. The number of hydrogen-bond acceptors (Lipinski definition) is 3. The summed E-state index contributed by atoms with van der Waals surface area (Å²) >= 11 is 6.09. The highest BCUT2D eigenvalue weighted by molar-refractivity contribution is 6.30. The van der Waals surface area contributed by atoms with Crippen molar-refractivity contribution in [2.45, 2.75) is 13.0 Å². The van der Waals surface area contributed by atoms with E-state index in [0.717, 1.165) is 12.0 Å². The van der Waals surface area contributed by atoms with Gasteiger partial charge in [0.05, 0.1) is 18.5 Å². The molecule has 0 radical (unpaired) electrons. The topological polar surface area (TPSA) is 61.9 Å². The second-order valence-electron chi connectivity index (χ2n) is 7.68. The van der Waals surface area contributed by atoms with Gasteiger partial charge in [0.2, 0.25) is 0 Å². The standard InChI is InChI=1S/C25H23ClFN3O3/c1-33-21-10-11-23(22(15-21)28-24(31)18-6-8-20(27)9-7-18)30-13-3-12-29(25(30)32)16-17-4-2-5-19(26)14-17/h2,4-11,14-15H,3,12-13,16H2,1H3,(H,28,31). The third-order valence-electron chi connectivity index (χ3n) is 5.42. The van der Waals surface area contributed by atoms with Gasteiger partial charge in [-0.1, -0.05) is 23.7 Å². The van der Waals surface area contributed by atoms with E-state index in [1.165, 1.54) is 31.4 Å². The van der Waals surface area contributed by atoms with E-state index in [4.69, 9.17) is 16.3 Å². The fourth-order valence-corrected chi connectivity index (χ4v) is 3.99. The lowest BCUT2D eigenvalue weighted by molar-refractivity contribution is 0.102. The molecule has 1 aliphatic rings. The number of nitrogens with one attached hydrogen (secondary N) is 1. The third-order valence-corrected chi connectivity index (χ3v) is 5.66. The highest BCUT2D eigenvalue weighted by Gasteiger charge is 2.29. The molecule has 0 bridgehead atoms. The highest BCUT2D eigenvalue weighted by atomic mass is 35.5. The summed E-state index contributed by atoms with van der Waals surface area (Å²) in [7, 11) is 1.53. The van der Waals surface area contributed by atoms with Gasteiger partial charge < -0.3 is 15.0 Å². The van der Waals surface area contributed by atoms with Gasteiger partial charge in [0.1, 0.15) is 11.6 Å². The largest absolute Gasteiger partial charge is 0.497 e. The van der Waals surface area contributed by atoms with Crippen LogP contribution in [0.25, 0.3) is 0 Å². The maximum Gasteiger partial charge on any atom is 0.324 e. The predicted octanol–water partition coefficient (Wildman–Crippen LogP) is 5.57. The van der Waals surface area contributed by atoms with Gasteiger partial charge in [-0.05, 0) is 60.5 Å². The highest BCUT2D eigenvalue weighted by Crippen LogP contribution is 2.33. The minimum Gasteiger partial charge on any atom is -0.497 e. The van der Waals surface area contributed by atoms with Gasteiger partial charge >= 0.3 is 6.03 Å². The molecule has 3 aromatic rings. The third kappa shape index (κ3) is 5.26. The summed E-state index contributed by atoms with van der Waals surface area (Å²) in [5, 5.41) is 3.46. The van der Waals surface area contributed by atoms with Crippen LogP contribution in [0.5, 0.6) is 5.75 Å². The molecule has 1 heterocycles. The van der Waals surface area contributed by atoms with Crippen molar-refractivity contribution in [2.24, 2.45) is 0 Å². The smallest absolute Gasteiger partial charge is 0.324 e. The lowest BCUT2D eigenvalue weighted by Crippen LogP contribution is -2.49. The van der Waals surface area contributed by atoms with E-state index in [1.807, 2.05) is 18.2 Å². The Morgan fingerprint density at radius 2 is 1.88 bits per heavy atom.